The summed E-state index contributed by atoms with van der Waals surface area (Å²) in [6.45, 7) is 0.529. The molecule has 3 rings (SSSR count). The van der Waals surface area contributed by atoms with E-state index in [0.717, 1.165) is 24.1 Å². The lowest BCUT2D eigenvalue weighted by Gasteiger charge is -2.29. The van der Waals surface area contributed by atoms with Crippen molar-refractivity contribution in [3.05, 3.63) is 57.9 Å². The maximum atomic E-state index is 12.9. The number of aryl methyl sites for hydroxylation is 1. The van der Waals surface area contributed by atoms with E-state index >= 15 is 0 Å². The molecule has 0 unspecified atom stereocenters. The molecular weight excluding hydrogens is 308 g/mol. The van der Waals surface area contributed by atoms with E-state index in [1.807, 2.05) is 25.1 Å². The molecular formula is C17H18N4O3. The van der Waals surface area contributed by atoms with Gasteiger partial charge in [-0.1, -0.05) is 6.07 Å². The number of fused-ring (bicyclic) bond motifs is 1. The van der Waals surface area contributed by atoms with Crippen molar-refractivity contribution in [1.82, 2.24) is 4.98 Å². The normalized spacial score (nSPS) is 13.3. The quantitative estimate of drug-likeness (QED) is 0.640. The Bertz CT molecular complexity index is 804. The first-order valence-corrected chi connectivity index (χ1v) is 7.70. The zero-order valence-electron chi connectivity index (χ0n) is 13.6. The maximum Gasteiger partial charge on any atom is 0.276 e. The van der Waals surface area contributed by atoms with Gasteiger partial charge in [0.05, 0.1) is 10.6 Å². The summed E-state index contributed by atoms with van der Waals surface area (Å²) in [6.07, 6.45) is 3.23. The summed E-state index contributed by atoms with van der Waals surface area (Å²) in [7, 11) is 3.78. The Morgan fingerprint density at radius 1 is 1.29 bits per heavy atom. The SMILES string of the molecule is CN(C)c1ccnc(C(=O)N2CCCc3ccc([N+](=O)[O-])cc32)c1. The number of hydrogen-bond acceptors (Lipinski definition) is 5. The first kappa shape index (κ1) is 15.9. The number of hydrogen-bond donors (Lipinski definition) is 0. The fraction of sp³-hybridized carbons (Fsp3) is 0.294. The van der Waals surface area contributed by atoms with E-state index in [2.05, 4.69) is 4.98 Å². The Kier molecular flexibility index (Phi) is 4.16. The summed E-state index contributed by atoms with van der Waals surface area (Å²) in [5.41, 5.74) is 2.76. The van der Waals surface area contributed by atoms with Crippen LogP contribution in [0.1, 0.15) is 22.5 Å². The molecule has 124 valence electrons. The van der Waals surface area contributed by atoms with Gasteiger partial charge in [-0.3, -0.25) is 19.9 Å². The molecule has 0 N–H and O–H groups in total. The highest BCUT2D eigenvalue weighted by Crippen LogP contribution is 2.32. The lowest BCUT2D eigenvalue weighted by molar-refractivity contribution is -0.384. The van der Waals surface area contributed by atoms with Gasteiger partial charge < -0.3 is 9.80 Å². The molecule has 0 radical (unpaired) electrons. The molecule has 1 aliphatic heterocycles. The summed E-state index contributed by atoms with van der Waals surface area (Å²) in [4.78, 5) is 31.2. The van der Waals surface area contributed by atoms with Gasteiger partial charge in [0.15, 0.2) is 0 Å². The van der Waals surface area contributed by atoms with Crippen LogP contribution >= 0.6 is 0 Å². The minimum Gasteiger partial charge on any atom is -0.378 e. The molecule has 7 nitrogen and oxygen atoms in total. The van der Waals surface area contributed by atoms with Crippen LogP contribution in [0.3, 0.4) is 0 Å². The fourth-order valence-electron chi connectivity index (χ4n) is 2.84. The Morgan fingerprint density at radius 3 is 2.79 bits per heavy atom. The third kappa shape index (κ3) is 2.92. The van der Waals surface area contributed by atoms with E-state index < -0.39 is 4.92 Å². The molecule has 1 aromatic carbocycles. The molecule has 0 bridgehead atoms. The van der Waals surface area contributed by atoms with Crippen molar-refractivity contribution in [2.45, 2.75) is 12.8 Å². The number of carbonyl (C=O) groups excluding carboxylic acids is 1. The molecule has 2 heterocycles. The predicted octanol–water partition coefficient (Wildman–Crippen LogP) is 2.65. The molecule has 7 heteroatoms. The fourth-order valence-corrected chi connectivity index (χ4v) is 2.84. The van der Waals surface area contributed by atoms with E-state index in [4.69, 9.17) is 0 Å². The number of carbonyl (C=O) groups is 1. The minimum absolute atomic E-state index is 0.0107. The summed E-state index contributed by atoms with van der Waals surface area (Å²) < 4.78 is 0. The number of nitro benzene ring substituents is 1. The van der Waals surface area contributed by atoms with Crippen molar-refractivity contribution in [2.75, 3.05) is 30.4 Å². The van der Waals surface area contributed by atoms with Crippen molar-refractivity contribution >= 4 is 23.0 Å². The van der Waals surface area contributed by atoms with Gasteiger partial charge in [-0.05, 0) is 30.5 Å². The molecule has 2 aromatic rings. The van der Waals surface area contributed by atoms with E-state index in [9.17, 15) is 14.9 Å². The second-order valence-electron chi connectivity index (χ2n) is 5.92. The Morgan fingerprint density at radius 2 is 2.08 bits per heavy atom. The highest BCUT2D eigenvalue weighted by Gasteiger charge is 2.26. The first-order valence-electron chi connectivity index (χ1n) is 7.70. The largest absolute Gasteiger partial charge is 0.378 e. The molecule has 1 aliphatic rings. The second-order valence-corrected chi connectivity index (χ2v) is 5.92. The number of benzene rings is 1. The van der Waals surface area contributed by atoms with Crippen LogP contribution in [-0.4, -0.2) is 36.5 Å². The minimum atomic E-state index is -0.442. The van der Waals surface area contributed by atoms with Crippen LogP contribution in [0.25, 0.3) is 0 Å². The molecule has 24 heavy (non-hydrogen) atoms. The number of amides is 1. The van der Waals surface area contributed by atoms with Crippen LogP contribution in [-0.2, 0) is 6.42 Å². The average molecular weight is 326 g/mol. The van der Waals surface area contributed by atoms with Crippen molar-refractivity contribution in [3.8, 4) is 0 Å². The Hall–Kier alpha value is -2.96. The summed E-state index contributed by atoms with van der Waals surface area (Å²) in [5.74, 6) is -0.236. The van der Waals surface area contributed by atoms with Gasteiger partial charge in [-0.15, -0.1) is 0 Å². The molecule has 0 spiro atoms. The van der Waals surface area contributed by atoms with Gasteiger partial charge in [0.1, 0.15) is 5.69 Å². The topological polar surface area (TPSA) is 79.6 Å². The lowest BCUT2D eigenvalue weighted by Crippen LogP contribution is -2.36. The van der Waals surface area contributed by atoms with Gasteiger partial charge in [-0.2, -0.15) is 0 Å². The first-order chi connectivity index (χ1) is 11.5. The van der Waals surface area contributed by atoms with Crippen molar-refractivity contribution in [2.24, 2.45) is 0 Å². The van der Waals surface area contributed by atoms with Crippen molar-refractivity contribution < 1.29 is 9.72 Å². The number of nitrogens with zero attached hydrogens (tertiary/aromatic N) is 4. The number of anilines is 2. The van der Waals surface area contributed by atoms with Crippen LogP contribution in [0.15, 0.2) is 36.5 Å². The molecule has 0 fully saturated rings. The Labute approximate surface area is 139 Å². The summed E-state index contributed by atoms with van der Waals surface area (Å²) >= 11 is 0. The summed E-state index contributed by atoms with van der Waals surface area (Å²) in [6, 6.07) is 8.25. The third-order valence-electron chi connectivity index (χ3n) is 4.12. The number of pyridine rings is 1. The zero-order chi connectivity index (χ0) is 17.3. The van der Waals surface area contributed by atoms with Crippen molar-refractivity contribution in [3.63, 3.8) is 0 Å². The Balaban J connectivity index is 1.99. The predicted molar refractivity (Wildman–Crippen MR) is 91.7 cm³/mol. The third-order valence-corrected chi connectivity index (χ3v) is 4.12. The van der Waals surface area contributed by atoms with Gasteiger partial charge >= 0.3 is 0 Å². The molecule has 1 amide bonds. The number of rotatable bonds is 3. The van der Waals surface area contributed by atoms with Crippen LogP contribution in [0, 0.1) is 10.1 Å². The van der Waals surface area contributed by atoms with Gasteiger partial charge in [0, 0.05) is 44.7 Å². The van der Waals surface area contributed by atoms with Crippen LogP contribution in [0.2, 0.25) is 0 Å². The highest BCUT2D eigenvalue weighted by molar-refractivity contribution is 6.06. The lowest BCUT2D eigenvalue weighted by atomic mass is 10.0. The number of non-ortho nitro benzene ring substituents is 1. The van der Waals surface area contributed by atoms with E-state index in [1.54, 1.807) is 23.2 Å². The van der Waals surface area contributed by atoms with E-state index in [1.165, 1.54) is 12.1 Å². The van der Waals surface area contributed by atoms with Gasteiger partial charge in [0.2, 0.25) is 0 Å². The van der Waals surface area contributed by atoms with Crippen molar-refractivity contribution in [1.29, 1.82) is 0 Å². The monoisotopic (exact) mass is 326 g/mol. The molecule has 1 aromatic heterocycles. The highest BCUT2D eigenvalue weighted by atomic mass is 16.6. The maximum absolute atomic E-state index is 12.9. The number of nitro groups is 1. The zero-order valence-corrected chi connectivity index (χ0v) is 13.6. The van der Waals surface area contributed by atoms with Gasteiger partial charge in [-0.25, -0.2) is 0 Å². The van der Waals surface area contributed by atoms with Gasteiger partial charge in [0.25, 0.3) is 11.6 Å². The average Bonchev–Trinajstić information content (AvgIpc) is 2.60. The molecule has 0 saturated carbocycles. The molecule has 0 atom stereocenters. The number of aromatic nitrogens is 1. The molecule has 0 aliphatic carbocycles. The van der Waals surface area contributed by atoms with E-state index in [0.29, 0.717) is 17.9 Å². The van der Waals surface area contributed by atoms with Crippen LogP contribution in [0.4, 0.5) is 17.1 Å². The standard InChI is InChI=1S/C17H18N4O3/c1-19(2)13-7-8-18-15(10-13)17(22)20-9-3-4-12-5-6-14(21(23)24)11-16(12)20/h5-8,10-11H,3-4,9H2,1-2H3. The van der Waals surface area contributed by atoms with Crippen LogP contribution in [0.5, 0.6) is 0 Å². The molecule has 0 saturated heterocycles. The van der Waals surface area contributed by atoms with Crippen LogP contribution < -0.4 is 9.80 Å². The van der Waals surface area contributed by atoms with E-state index in [-0.39, 0.29) is 11.6 Å². The second kappa shape index (κ2) is 6.27. The smallest absolute Gasteiger partial charge is 0.276 e. The summed E-state index contributed by atoms with van der Waals surface area (Å²) in [5, 5.41) is 11.0.